The number of hydrogen-bond donors (Lipinski definition) is 0. The molecular weight excluding hydrogens is 162 g/mol. The second-order valence-electron chi connectivity index (χ2n) is 3.95. The molecule has 0 aliphatic carbocycles. The summed E-state index contributed by atoms with van der Waals surface area (Å²) >= 11 is 0. The van der Waals surface area contributed by atoms with Gasteiger partial charge in [0.25, 0.3) is 0 Å². The molecule has 0 N–H and O–H groups in total. The van der Waals surface area contributed by atoms with Crippen LogP contribution in [0, 0.1) is 5.41 Å². The van der Waals surface area contributed by atoms with Crippen molar-refractivity contribution in [1.82, 2.24) is 9.78 Å². The van der Waals surface area contributed by atoms with E-state index in [4.69, 9.17) is 0 Å². The van der Waals surface area contributed by atoms with Crippen molar-refractivity contribution in [1.29, 1.82) is 0 Å². The van der Waals surface area contributed by atoms with Crippen molar-refractivity contribution in [2.45, 2.75) is 13.8 Å². The van der Waals surface area contributed by atoms with E-state index < -0.39 is 0 Å². The molecule has 68 valence electrons. The van der Waals surface area contributed by atoms with Crippen molar-refractivity contribution in [2.75, 3.05) is 0 Å². The lowest BCUT2D eigenvalue weighted by atomic mass is 9.95. The van der Waals surface area contributed by atoms with Gasteiger partial charge in [-0.15, -0.1) is 0 Å². The lowest BCUT2D eigenvalue weighted by Gasteiger charge is -2.10. The maximum atomic E-state index is 4.39. The minimum Gasteiger partial charge on any atom is -0.266 e. The maximum absolute atomic E-state index is 4.39. The van der Waals surface area contributed by atoms with Gasteiger partial charge < -0.3 is 0 Å². The van der Waals surface area contributed by atoms with E-state index in [2.05, 4.69) is 36.1 Å². The molecule has 2 rings (SSSR count). The summed E-state index contributed by atoms with van der Waals surface area (Å²) < 4.78 is 1.84. The molecule has 0 aromatic carbocycles. The summed E-state index contributed by atoms with van der Waals surface area (Å²) in [5.41, 5.74) is 2.06. The van der Waals surface area contributed by atoms with E-state index in [1.165, 1.54) is 0 Å². The first-order valence-electron chi connectivity index (χ1n) is 4.35. The minimum atomic E-state index is 0.0407. The van der Waals surface area contributed by atoms with Crippen molar-refractivity contribution in [3.05, 3.63) is 18.0 Å². The molecule has 0 saturated carbocycles. The fraction of sp³-hybridized carbons (Fsp3) is 0.400. The Labute approximate surface area is 77.8 Å². The minimum absolute atomic E-state index is 0.0407. The first-order chi connectivity index (χ1) is 6.08. The van der Waals surface area contributed by atoms with Crippen LogP contribution in [-0.4, -0.2) is 16.0 Å². The smallest absolute Gasteiger partial charge is 0.108 e. The maximum Gasteiger partial charge on any atom is 0.108 e. The van der Waals surface area contributed by atoms with Crippen LogP contribution in [0.15, 0.2) is 17.3 Å². The summed E-state index contributed by atoms with van der Waals surface area (Å²) in [5, 5.41) is 4.14. The van der Waals surface area contributed by atoms with Crippen LogP contribution in [0.25, 0.3) is 6.08 Å². The highest BCUT2D eigenvalue weighted by atomic mass is 15.3. The molecule has 1 aromatic heterocycles. The number of rotatable bonds is 0. The van der Waals surface area contributed by atoms with Crippen LogP contribution in [0.5, 0.6) is 0 Å². The van der Waals surface area contributed by atoms with E-state index in [1.807, 2.05) is 17.9 Å². The number of nitrogens with zero attached hydrogens (tertiary/aromatic N) is 3. The normalized spacial score (nSPS) is 18.4. The van der Waals surface area contributed by atoms with E-state index in [-0.39, 0.29) is 5.41 Å². The molecule has 2 heterocycles. The molecular formula is C10H13N3. The van der Waals surface area contributed by atoms with Gasteiger partial charge in [0, 0.05) is 18.7 Å². The van der Waals surface area contributed by atoms with E-state index >= 15 is 0 Å². The molecule has 3 nitrogen and oxygen atoms in total. The molecule has 0 unspecified atom stereocenters. The number of allylic oxidation sites excluding steroid dienone is 1. The lowest BCUT2D eigenvalue weighted by molar-refractivity contribution is 0.697. The van der Waals surface area contributed by atoms with Gasteiger partial charge in [0.2, 0.25) is 0 Å². The van der Waals surface area contributed by atoms with Gasteiger partial charge in [-0.05, 0) is 6.08 Å². The van der Waals surface area contributed by atoms with Crippen LogP contribution in [0.1, 0.15) is 19.5 Å². The molecule has 1 aliphatic rings. The lowest BCUT2D eigenvalue weighted by Crippen LogP contribution is -2.07. The van der Waals surface area contributed by atoms with E-state index in [9.17, 15) is 0 Å². The van der Waals surface area contributed by atoms with Gasteiger partial charge in [-0.1, -0.05) is 19.9 Å². The third-order valence-electron chi connectivity index (χ3n) is 2.17. The molecule has 0 saturated heterocycles. The highest BCUT2D eigenvalue weighted by molar-refractivity contribution is 5.78. The number of aromatic nitrogens is 2. The van der Waals surface area contributed by atoms with E-state index in [0.29, 0.717) is 0 Å². The Morgan fingerprint density at radius 3 is 2.92 bits per heavy atom. The van der Waals surface area contributed by atoms with Crippen molar-refractivity contribution >= 4 is 18.0 Å². The zero-order chi connectivity index (χ0) is 9.47. The highest BCUT2D eigenvalue weighted by Crippen LogP contribution is 2.27. The number of hydrogen-bond acceptors (Lipinski definition) is 2. The predicted molar refractivity (Wildman–Crippen MR) is 54.2 cm³/mol. The fourth-order valence-electron chi connectivity index (χ4n) is 1.30. The van der Waals surface area contributed by atoms with E-state index in [0.717, 1.165) is 11.4 Å². The van der Waals surface area contributed by atoms with Crippen molar-refractivity contribution < 1.29 is 0 Å². The SMILES string of the molecule is Cn1ncc2c1C=CC(C)(C)C=N2. The number of fused-ring (bicyclic) bond motifs is 1. The van der Waals surface area contributed by atoms with Gasteiger partial charge in [-0.25, -0.2) is 0 Å². The van der Waals surface area contributed by atoms with Crippen molar-refractivity contribution in [2.24, 2.45) is 17.5 Å². The molecule has 0 radical (unpaired) electrons. The largest absolute Gasteiger partial charge is 0.266 e. The van der Waals surface area contributed by atoms with Crippen LogP contribution in [0.4, 0.5) is 5.69 Å². The van der Waals surface area contributed by atoms with E-state index in [1.54, 1.807) is 6.20 Å². The van der Waals surface area contributed by atoms with Crippen LogP contribution < -0.4 is 0 Å². The van der Waals surface area contributed by atoms with Crippen LogP contribution in [0.2, 0.25) is 0 Å². The summed E-state index contributed by atoms with van der Waals surface area (Å²) in [5.74, 6) is 0. The van der Waals surface area contributed by atoms with Gasteiger partial charge in [-0.3, -0.25) is 9.67 Å². The van der Waals surface area contributed by atoms with Gasteiger partial charge >= 0.3 is 0 Å². The Kier molecular flexibility index (Phi) is 1.62. The third-order valence-corrected chi connectivity index (χ3v) is 2.17. The molecule has 1 aromatic rings. The van der Waals surface area contributed by atoms with Crippen LogP contribution in [-0.2, 0) is 7.05 Å². The highest BCUT2D eigenvalue weighted by Gasteiger charge is 2.15. The molecule has 1 aliphatic heterocycles. The third kappa shape index (κ3) is 1.41. The molecule has 3 heteroatoms. The summed E-state index contributed by atoms with van der Waals surface area (Å²) in [4.78, 5) is 4.39. The Balaban J connectivity index is 2.54. The standard InChI is InChI=1S/C10H13N3/c1-10(2)5-4-9-8(11-7-10)6-12-13(9)3/h4-7H,1-3H3. The average molecular weight is 175 g/mol. The predicted octanol–water partition coefficient (Wildman–Crippen LogP) is 2.18. The van der Waals surface area contributed by atoms with Crippen LogP contribution >= 0.6 is 0 Å². The molecule has 0 atom stereocenters. The summed E-state index contributed by atoms with van der Waals surface area (Å²) in [6.45, 7) is 4.26. The van der Waals surface area contributed by atoms with Gasteiger partial charge in [0.1, 0.15) is 5.69 Å². The quantitative estimate of drug-likeness (QED) is 0.594. The zero-order valence-corrected chi connectivity index (χ0v) is 8.15. The molecule has 13 heavy (non-hydrogen) atoms. The number of aliphatic imine (C=N–C) groups is 1. The Morgan fingerprint density at radius 2 is 2.15 bits per heavy atom. The zero-order valence-electron chi connectivity index (χ0n) is 8.15. The molecule has 0 bridgehead atoms. The van der Waals surface area contributed by atoms with Crippen LogP contribution in [0.3, 0.4) is 0 Å². The fourth-order valence-corrected chi connectivity index (χ4v) is 1.30. The monoisotopic (exact) mass is 175 g/mol. The Bertz CT molecular complexity index is 383. The van der Waals surface area contributed by atoms with Crippen molar-refractivity contribution in [3.63, 3.8) is 0 Å². The molecule has 0 amide bonds. The number of aryl methyl sites for hydroxylation is 1. The molecule has 0 spiro atoms. The second-order valence-corrected chi connectivity index (χ2v) is 3.95. The van der Waals surface area contributed by atoms with Crippen molar-refractivity contribution in [3.8, 4) is 0 Å². The van der Waals surface area contributed by atoms with Gasteiger partial charge in [0.15, 0.2) is 0 Å². The Morgan fingerprint density at radius 1 is 1.38 bits per heavy atom. The summed E-state index contributed by atoms with van der Waals surface area (Å²) in [6, 6.07) is 0. The summed E-state index contributed by atoms with van der Waals surface area (Å²) in [6.07, 6.45) is 7.97. The first kappa shape index (κ1) is 8.23. The first-order valence-corrected chi connectivity index (χ1v) is 4.35. The molecule has 0 fully saturated rings. The topological polar surface area (TPSA) is 30.2 Å². The summed E-state index contributed by atoms with van der Waals surface area (Å²) in [7, 11) is 1.93. The average Bonchev–Trinajstić information content (AvgIpc) is 2.32. The van der Waals surface area contributed by atoms with Gasteiger partial charge in [-0.2, -0.15) is 5.10 Å². The second kappa shape index (κ2) is 2.55. The van der Waals surface area contributed by atoms with Gasteiger partial charge in [0.05, 0.1) is 11.9 Å². The Hall–Kier alpha value is -1.38.